The molecule has 7 aromatic rings. The number of hydrogen-bond acceptors (Lipinski definition) is 5. The van der Waals surface area contributed by atoms with Gasteiger partial charge < -0.3 is 0 Å². The second kappa shape index (κ2) is 10.3. The molecule has 0 amide bonds. The van der Waals surface area contributed by atoms with Crippen LogP contribution in [-0.2, 0) is 0 Å². The highest BCUT2D eigenvalue weighted by Crippen LogP contribution is 2.29. The van der Waals surface area contributed by atoms with Crippen molar-refractivity contribution in [2.24, 2.45) is 0 Å². The van der Waals surface area contributed by atoms with Crippen molar-refractivity contribution < 1.29 is 0 Å². The Balaban J connectivity index is 1.20. The van der Waals surface area contributed by atoms with E-state index < -0.39 is 0 Å². The Morgan fingerprint density at radius 1 is 0.325 bits per heavy atom. The summed E-state index contributed by atoms with van der Waals surface area (Å²) in [7, 11) is 0. The normalized spacial score (nSPS) is 11.0. The topological polar surface area (TPSA) is 64.5 Å². The number of nitrogens with zero attached hydrogens (tertiary/aromatic N) is 5. The Hall–Kier alpha value is -5.55. The molecule has 7 rings (SSSR count). The summed E-state index contributed by atoms with van der Waals surface area (Å²) in [6.07, 6.45) is 3.47. The van der Waals surface area contributed by atoms with Crippen LogP contribution in [0.1, 0.15) is 0 Å². The van der Waals surface area contributed by atoms with Crippen LogP contribution in [0.4, 0.5) is 0 Å². The Morgan fingerprint density at radius 2 is 0.775 bits per heavy atom. The molecule has 0 fully saturated rings. The molecule has 0 radical (unpaired) electrons. The first kappa shape index (κ1) is 23.6. The SMILES string of the molecule is c1ccc(-c2nc(-c3ccc(-c4ccc(-c5ccc6ccccc6c5)cc4)cc3)nc(-c3ccccn3)n2)nc1. The summed E-state index contributed by atoms with van der Waals surface area (Å²) in [5.41, 5.74) is 6.95. The van der Waals surface area contributed by atoms with Gasteiger partial charge in [0.25, 0.3) is 0 Å². The zero-order valence-electron chi connectivity index (χ0n) is 21.5. The highest BCUT2D eigenvalue weighted by molar-refractivity contribution is 5.87. The van der Waals surface area contributed by atoms with Crippen molar-refractivity contribution in [1.29, 1.82) is 0 Å². The standard InChI is InChI=1S/C35H23N5/c1-2-8-29-23-30(20-17-24(29)7-1)27-13-11-25(12-14-27)26-15-18-28(19-16-26)33-38-34(31-9-3-5-21-36-31)40-35(39-33)32-10-4-6-22-37-32/h1-23H. The maximum atomic E-state index is 4.76. The van der Waals surface area contributed by atoms with Gasteiger partial charge in [-0.2, -0.15) is 0 Å². The van der Waals surface area contributed by atoms with E-state index in [9.17, 15) is 0 Å². The number of pyridine rings is 2. The fraction of sp³-hybridized carbons (Fsp3) is 0. The van der Waals surface area contributed by atoms with Gasteiger partial charge in [-0.05, 0) is 63.4 Å². The lowest BCUT2D eigenvalue weighted by atomic mass is 9.98. The summed E-state index contributed by atoms with van der Waals surface area (Å²) in [5.74, 6) is 1.61. The van der Waals surface area contributed by atoms with Gasteiger partial charge in [0, 0.05) is 18.0 Å². The quantitative estimate of drug-likeness (QED) is 0.232. The summed E-state index contributed by atoms with van der Waals surface area (Å²) in [6.45, 7) is 0. The lowest BCUT2D eigenvalue weighted by Crippen LogP contribution is -2.01. The first-order valence-electron chi connectivity index (χ1n) is 13.1. The maximum absolute atomic E-state index is 4.76. The van der Waals surface area contributed by atoms with Gasteiger partial charge in [0.1, 0.15) is 11.4 Å². The molecule has 0 saturated heterocycles. The Bertz CT molecular complexity index is 1860. The maximum Gasteiger partial charge on any atom is 0.182 e. The predicted molar refractivity (Wildman–Crippen MR) is 160 cm³/mol. The Kier molecular flexibility index (Phi) is 6.07. The summed E-state index contributed by atoms with van der Waals surface area (Å²) >= 11 is 0. The minimum atomic E-state index is 0.514. The van der Waals surface area contributed by atoms with Gasteiger partial charge in [-0.15, -0.1) is 0 Å². The number of fused-ring (bicyclic) bond motifs is 1. The summed E-state index contributed by atoms with van der Waals surface area (Å²) in [4.78, 5) is 23.1. The van der Waals surface area contributed by atoms with Gasteiger partial charge in [-0.1, -0.05) is 97.1 Å². The smallest absolute Gasteiger partial charge is 0.182 e. The number of hydrogen-bond donors (Lipinski definition) is 0. The van der Waals surface area contributed by atoms with Crippen LogP contribution in [-0.4, -0.2) is 24.9 Å². The van der Waals surface area contributed by atoms with Crippen LogP contribution < -0.4 is 0 Å². The van der Waals surface area contributed by atoms with Crippen molar-refractivity contribution >= 4 is 10.8 Å². The second-order valence-corrected chi connectivity index (χ2v) is 9.45. The third-order valence-corrected chi connectivity index (χ3v) is 6.87. The first-order valence-corrected chi connectivity index (χ1v) is 13.1. The van der Waals surface area contributed by atoms with Crippen LogP contribution in [0.2, 0.25) is 0 Å². The lowest BCUT2D eigenvalue weighted by Gasteiger charge is -2.09. The zero-order chi connectivity index (χ0) is 26.7. The molecule has 0 atom stereocenters. The molecule has 188 valence electrons. The van der Waals surface area contributed by atoms with Crippen molar-refractivity contribution in [3.63, 3.8) is 0 Å². The average Bonchev–Trinajstić information content (AvgIpc) is 3.05. The lowest BCUT2D eigenvalue weighted by molar-refractivity contribution is 1.05. The minimum absolute atomic E-state index is 0.514. The number of rotatable bonds is 5. The van der Waals surface area contributed by atoms with E-state index in [1.165, 1.54) is 21.9 Å². The van der Waals surface area contributed by atoms with Gasteiger partial charge in [0.05, 0.1) is 0 Å². The van der Waals surface area contributed by atoms with Crippen LogP contribution in [0.3, 0.4) is 0 Å². The van der Waals surface area contributed by atoms with E-state index >= 15 is 0 Å². The molecule has 0 spiro atoms. The molecule has 0 aliphatic heterocycles. The molecule has 5 nitrogen and oxygen atoms in total. The van der Waals surface area contributed by atoms with Crippen LogP contribution >= 0.6 is 0 Å². The van der Waals surface area contributed by atoms with Crippen LogP contribution in [0.5, 0.6) is 0 Å². The van der Waals surface area contributed by atoms with E-state index in [0.717, 1.165) is 16.7 Å². The molecule has 0 bridgehead atoms. The molecule has 3 aromatic heterocycles. The fourth-order valence-electron chi connectivity index (χ4n) is 4.76. The minimum Gasteiger partial charge on any atom is -0.253 e. The van der Waals surface area contributed by atoms with E-state index in [-0.39, 0.29) is 0 Å². The third-order valence-electron chi connectivity index (χ3n) is 6.87. The largest absolute Gasteiger partial charge is 0.253 e. The van der Waals surface area contributed by atoms with E-state index in [1.807, 2.05) is 48.5 Å². The molecule has 0 unspecified atom stereocenters. The molecule has 40 heavy (non-hydrogen) atoms. The van der Waals surface area contributed by atoms with E-state index in [0.29, 0.717) is 28.9 Å². The van der Waals surface area contributed by atoms with Crippen LogP contribution in [0, 0.1) is 0 Å². The molecular formula is C35H23N5. The van der Waals surface area contributed by atoms with Crippen molar-refractivity contribution in [1.82, 2.24) is 24.9 Å². The van der Waals surface area contributed by atoms with E-state index in [2.05, 4.69) is 93.8 Å². The third kappa shape index (κ3) is 4.72. The summed E-state index contributed by atoms with van der Waals surface area (Å²) < 4.78 is 0. The molecule has 0 aliphatic carbocycles. The van der Waals surface area contributed by atoms with Gasteiger partial charge >= 0.3 is 0 Å². The monoisotopic (exact) mass is 513 g/mol. The van der Waals surface area contributed by atoms with Crippen molar-refractivity contribution in [2.75, 3.05) is 0 Å². The molecule has 3 heterocycles. The Labute approximate surface area is 231 Å². The average molecular weight is 514 g/mol. The van der Waals surface area contributed by atoms with Crippen LogP contribution in [0.25, 0.3) is 67.5 Å². The molecule has 4 aromatic carbocycles. The van der Waals surface area contributed by atoms with E-state index in [1.54, 1.807) is 12.4 Å². The molecule has 0 aliphatic rings. The molecule has 0 N–H and O–H groups in total. The summed E-state index contributed by atoms with van der Waals surface area (Å²) in [5, 5.41) is 2.50. The highest BCUT2D eigenvalue weighted by atomic mass is 15.1. The van der Waals surface area contributed by atoms with Crippen molar-refractivity contribution in [2.45, 2.75) is 0 Å². The number of benzene rings is 4. The van der Waals surface area contributed by atoms with Gasteiger partial charge in [-0.3, -0.25) is 9.97 Å². The van der Waals surface area contributed by atoms with E-state index in [4.69, 9.17) is 9.97 Å². The van der Waals surface area contributed by atoms with Gasteiger partial charge in [0.15, 0.2) is 17.5 Å². The van der Waals surface area contributed by atoms with Crippen molar-refractivity contribution in [3.05, 3.63) is 140 Å². The zero-order valence-corrected chi connectivity index (χ0v) is 21.5. The summed E-state index contributed by atoms with van der Waals surface area (Å²) in [6, 6.07) is 43.4. The molecular weight excluding hydrogens is 490 g/mol. The Morgan fingerprint density at radius 3 is 1.32 bits per heavy atom. The van der Waals surface area contributed by atoms with Crippen LogP contribution in [0.15, 0.2) is 140 Å². The fourth-order valence-corrected chi connectivity index (χ4v) is 4.76. The highest BCUT2D eigenvalue weighted by Gasteiger charge is 2.13. The number of aromatic nitrogens is 5. The molecule has 0 saturated carbocycles. The first-order chi connectivity index (χ1) is 19.8. The molecule has 5 heteroatoms. The predicted octanol–water partition coefficient (Wildman–Crippen LogP) is 8.15. The van der Waals surface area contributed by atoms with Crippen molar-refractivity contribution in [3.8, 4) is 56.7 Å². The van der Waals surface area contributed by atoms with Gasteiger partial charge in [0.2, 0.25) is 0 Å². The van der Waals surface area contributed by atoms with Gasteiger partial charge in [-0.25, -0.2) is 15.0 Å². The second-order valence-electron chi connectivity index (χ2n) is 9.45.